The first-order valence-corrected chi connectivity index (χ1v) is 7.02. The average molecular weight is 264 g/mol. The van der Waals surface area contributed by atoms with Gasteiger partial charge in [-0.05, 0) is 33.6 Å². The molecule has 1 fully saturated rings. The van der Waals surface area contributed by atoms with Gasteiger partial charge < -0.3 is 15.4 Å². The molecule has 2 heterocycles. The Morgan fingerprint density at radius 3 is 2.95 bits per heavy atom. The molecule has 0 radical (unpaired) electrons. The summed E-state index contributed by atoms with van der Waals surface area (Å²) in [6.07, 6.45) is 4.10. The van der Waals surface area contributed by atoms with Gasteiger partial charge in [-0.1, -0.05) is 6.92 Å². The Bertz CT molecular complexity index is 437. The molecule has 0 amide bonds. The minimum Gasteiger partial charge on any atom is -0.376 e. The smallest absolute Gasteiger partial charge is 0.224 e. The Hall–Kier alpha value is -1.36. The van der Waals surface area contributed by atoms with Crippen LogP contribution in [0.25, 0.3) is 0 Å². The lowest BCUT2D eigenvalue weighted by molar-refractivity contribution is 0.105. The van der Waals surface area contributed by atoms with Gasteiger partial charge in [-0.15, -0.1) is 0 Å². The molecule has 0 bridgehead atoms. The molecule has 5 nitrogen and oxygen atoms in total. The van der Waals surface area contributed by atoms with Crippen LogP contribution in [0.1, 0.15) is 39.2 Å². The number of hydrogen-bond acceptors (Lipinski definition) is 5. The quantitative estimate of drug-likeness (QED) is 0.856. The lowest BCUT2D eigenvalue weighted by Crippen LogP contribution is -2.41. The Labute approximate surface area is 115 Å². The number of anilines is 2. The number of ether oxygens (including phenoxy) is 1. The maximum atomic E-state index is 5.65. The van der Waals surface area contributed by atoms with Crippen LogP contribution in [0.15, 0.2) is 6.20 Å². The summed E-state index contributed by atoms with van der Waals surface area (Å²) < 4.78 is 5.65. The van der Waals surface area contributed by atoms with E-state index in [1.807, 2.05) is 13.1 Å². The number of nitrogens with one attached hydrogen (secondary N) is 2. The molecule has 1 aliphatic rings. The van der Waals surface area contributed by atoms with Gasteiger partial charge in [-0.25, -0.2) is 4.98 Å². The van der Waals surface area contributed by atoms with Crippen LogP contribution in [0.4, 0.5) is 11.8 Å². The van der Waals surface area contributed by atoms with Crippen LogP contribution in [0, 0.1) is 6.92 Å². The minimum absolute atomic E-state index is 0.0544. The number of aryl methyl sites for hydroxylation is 1. The fraction of sp³-hybridized carbons (Fsp3) is 0.714. The van der Waals surface area contributed by atoms with Gasteiger partial charge in [-0.2, -0.15) is 4.98 Å². The van der Waals surface area contributed by atoms with Gasteiger partial charge in [0.2, 0.25) is 5.95 Å². The van der Waals surface area contributed by atoms with Crippen molar-refractivity contribution in [2.45, 2.75) is 52.2 Å². The van der Waals surface area contributed by atoms with Gasteiger partial charge >= 0.3 is 0 Å². The average Bonchev–Trinajstić information content (AvgIpc) is 2.70. The highest BCUT2D eigenvalue weighted by Crippen LogP contribution is 2.30. The van der Waals surface area contributed by atoms with Crippen molar-refractivity contribution in [2.75, 3.05) is 23.8 Å². The zero-order valence-corrected chi connectivity index (χ0v) is 12.3. The monoisotopic (exact) mass is 264 g/mol. The highest BCUT2D eigenvalue weighted by molar-refractivity contribution is 5.48. The summed E-state index contributed by atoms with van der Waals surface area (Å²) in [7, 11) is 0. The van der Waals surface area contributed by atoms with Crippen molar-refractivity contribution in [1.82, 2.24) is 9.97 Å². The SMILES string of the molecule is CCCNc1ncc(C)c(NC2(C)CCOC2C)n1. The maximum absolute atomic E-state index is 5.65. The molecule has 1 aliphatic heterocycles. The molecule has 2 rings (SSSR count). The van der Waals surface area contributed by atoms with E-state index in [0.29, 0.717) is 5.95 Å². The molecule has 1 saturated heterocycles. The van der Waals surface area contributed by atoms with Crippen LogP contribution < -0.4 is 10.6 Å². The van der Waals surface area contributed by atoms with E-state index in [9.17, 15) is 0 Å². The zero-order valence-electron chi connectivity index (χ0n) is 12.3. The van der Waals surface area contributed by atoms with Crippen molar-refractivity contribution in [1.29, 1.82) is 0 Å². The first-order valence-electron chi connectivity index (χ1n) is 7.02. The van der Waals surface area contributed by atoms with Gasteiger partial charge in [0, 0.05) is 24.9 Å². The predicted octanol–water partition coefficient (Wildman–Crippen LogP) is 2.59. The number of nitrogens with zero attached hydrogens (tertiary/aromatic N) is 2. The fourth-order valence-corrected chi connectivity index (χ4v) is 2.16. The third kappa shape index (κ3) is 3.15. The maximum Gasteiger partial charge on any atom is 0.224 e. The van der Waals surface area contributed by atoms with Gasteiger partial charge in [0.15, 0.2) is 0 Å². The normalized spacial score (nSPS) is 26.4. The standard InChI is InChI=1S/C14H24N4O/c1-5-7-15-13-16-9-10(2)12(17-13)18-14(4)6-8-19-11(14)3/h9,11H,5-8H2,1-4H3,(H2,15,16,17,18). The third-order valence-corrected chi connectivity index (χ3v) is 3.80. The first-order chi connectivity index (χ1) is 9.05. The van der Waals surface area contributed by atoms with Crippen molar-refractivity contribution in [2.24, 2.45) is 0 Å². The van der Waals surface area contributed by atoms with E-state index in [4.69, 9.17) is 4.74 Å². The van der Waals surface area contributed by atoms with E-state index in [1.54, 1.807) is 0 Å². The Kier molecular flexibility index (Phi) is 4.24. The van der Waals surface area contributed by atoms with E-state index in [0.717, 1.165) is 37.4 Å². The second-order valence-corrected chi connectivity index (χ2v) is 5.46. The highest BCUT2D eigenvalue weighted by Gasteiger charge is 2.37. The summed E-state index contributed by atoms with van der Waals surface area (Å²) >= 11 is 0. The van der Waals surface area contributed by atoms with E-state index < -0.39 is 0 Å². The number of hydrogen-bond donors (Lipinski definition) is 2. The molecular weight excluding hydrogens is 240 g/mol. The van der Waals surface area contributed by atoms with Gasteiger partial charge in [-0.3, -0.25) is 0 Å². The molecule has 0 aliphatic carbocycles. The summed E-state index contributed by atoms with van der Waals surface area (Å²) in [6.45, 7) is 10.1. The molecule has 1 aromatic heterocycles. The lowest BCUT2D eigenvalue weighted by Gasteiger charge is -2.30. The van der Waals surface area contributed by atoms with Crippen molar-refractivity contribution in [3.8, 4) is 0 Å². The van der Waals surface area contributed by atoms with Gasteiger partial charge in [0.1, 0.15) is 5.82 Å². The van der Waals surface area contributed by atoms with E-state index in [2.05, 4.69) is 41.4 Å². The van der Waals surface area contributed by atoms with Crippen LogP contribution >= 0.6 is 0 Å². The highest BCUT2D eigenvalue weighted by atomic mass is 16.5. The van der Waals surface area contributed by atoms with Crippen LogP contribution in [-0.2, 0) is 4.74 Å². The van der Waals surface area contributed by atoms with Crippen LogP contribution in [0.5, 0.6) is 0 Å². The van der Waals surface area contributed by atoms with Crippen molar-refractivity contribution < 1.29 is 4.74 Å². The zero-order chi connectivity index (χ0) is 13.9. The lowest BCUT2D eigenvalue weighted by atomic mass is 9.94. The molecule has 0 saturated carbocycles. The van der Waals surface area contributed by atoms with Crippen molar-refractivity contribution in [3.05, 3.63) is 11.8 Å². The summed E-state index contributed by atoms with van der Waals surface area (Å²) in [4.78, 5) is 8.86. The molecular formula is C14H24N4O. The Morgan fingerprint density at radius 1 is 1.53 bits per heavy atom. The Morgan fingerprint density at radius 2 is 2.32 bits per heavy atom. The van der Waals surface area contributed by atoms with Crippen LogP contribution in [0.3, 0.4) is 0 Å². The summed E-state index contributed by atoms with van der Waals surface area (Å²) in [5, 5.41) is 6.75. The first kappa shape index (κ1) is 14.1. The molecule has 1 aromatic rings. The van der Waals surface area contributed by atoms with Crippen molar-refractivity contribution >= 4 is 11.8 Å². The molecule has 106 valence electrons. The van der Waals surface area contributed by atoms with E-state index in [-0.39, 0.29) is 11.6 Å². The molecule has 19 heavy (non-hydrogen) atoms. The largest absolute Gasteiger partial charge is 0.376 e. The van der Waals surface area contributed by atoms with Crippen LogP contribution in [-0.4, -0.2) is 34.8 Å². The second-order valence-electron chi connectivity index (χ2n) is 5.46. The van der Waals surface area contributed by atoms with Crippen molar-refractivity contribution in [3.63, 3.8) is 0 Å². The molecule has 0 aromatic carbocycles. The van der Waals surface area contributed by atoms with E-state index >= 15 is 0 Å². The summed E-state index contributed by atoms with van der Waals surface area (Å²) in [5.41, 5.74) is 1.00. The molecule has 0 spiro atoms. The Balaban J connectivity index is 2.14. The molecule has 2 unspecified atom stereocenters. The number of rotatable bonds is 5. The molecule has 5 heteroatoms. The number of aromatic nitrogens is 2. The fourth-order valence-electron chi connectivity index (χ4n) is 2.16. The second kappa shape index (κ2) is 5.74. The van der Waals surface area contributed by atoms with E-state index in [1.165, 1.54) is 0 Å². The molecule has 2 atom stereocenters. The minimum atomic E-state index is -0.0544. The summed E-state index contributed by atoms with van der Waals surface area (Å²) in [5.74, 6) is 1.58. The van der Waals surface area contributed by atoms with Gasteiger partial charge in [0.25, 0.3) is 0 Å². The molecule has 2 N–H and O–H groups in total. The predicted molar refractivity (Wildman–Crippen MR) is 77.6 cm³/mol. The van der Waals surface area contributed by atoms with Gasteiger partial charge in [0.05, 0.1) is 11.6 Å². The van der Waals surface area contributed by atoms with Crippen LogP contribution in [0.2, 0.25) is 0 Å². The topological polar surface area (TPSA) is 59.1 Å². The summed E-state index contributed by atoms with van der Waals surface area (Å²) in [6, 6.07) is 0. The third-order valence-electron chi connectivity index (χ3n) is 3.80.